The molecule has 16 heavy (non-hydrogen) atoms. The van der Waals surface area contributed by atoms with Crippen LogP contribution in [0, 0.1) is 0 Å². The summed E-state index contributed by atoms with van der Waals surface area (Å²) in [5, 5.41) is 10.1. The molecule has 1 saturated carbocycles. The lowest BCUT2D eigenvalue weighted by molar-refractivity contribution is 0.458. The molecule has 0 radical (unpaired) electrons. The second kappa shape index (κ2) is 4.38. The summed E-state index contributed by atoms with van der Waals surface area (Å²) in [4.78, 5) is 0. The number of phenolic OH excluding ortho intramolecular Hbond substituents is 1. The molecule has 0 aliphatic heterocycles. The fourth-order valence-corrected chi connectivity index (χ4v) is 2.52. The standard InChI is InChI=1S/C13H18BrNO/c1-2-9-7-11(14)8-10(12(9)16)3-4-13(15)5-6-13/h7-8,16H,2-6,15H2,1H3. The Morgan fingerprint density at radius 3 is 2.56 bits per heavy atom. The fraction of sp³-hybridized carbons (Fsp3) is 0.538. The lowest BCUT2D eigenvalue weighted by Gasteiger charge is -2.12. The normalized spacial score (nSPS) is 17.4. The van der Waals surface area contributed by atoms with E-state index in [1.807, 2.05) is 12.1 Å². The van der Waals surface area contributed by atoms with Crippen LogP contribution in [0.4, 0.5) is 0 Å². The number of nitrogens with two attached hydrogens (primary N) is 1. The Morgan fingerprint density at radius 1 is 1.38 bits per heavy atom. The zero-order chi connectivity index (χ0) is 11.8. The van der Waals surface area contributed by atoms with E-state index >= 15 is 0 Å². The Balaban J connectivity index is 2.15. The third kappa shape index (κ3) is 2.58. The molecule has 3 heteroatoms. The molecule has 0 unspecified atom stereocenters. The molecule has 1 aromatic carbocycles. The zero-order valence-electron chi connectivity index (χ0n) is 9.59. The van der Waals surface area contributed by atoms with Crippen molar-refractivity contribution in [3.8, 4) is 5.75 Å². The van der Waals surface area contributed by atoms with Crippen molar-refractivity contribution in [2.75, 3.05) is 0 Å². The summed E-state index contributed by atoms with van der Waals surface area (Å²) in [5.74, 6) is 0.454. The summed E-state index contributed by atoms with van der Waals surface area (Å²) in [6.07, 6.45) is 4.95. The van der Waals surface area contributed by atoms with Crippen LogP contribution in [0.2, 0.25) is 0 Å². The summed E-state index contributed by atoms with van der Waals surface area (Å²) in [5.41, 5.74) is 8.14. The highest BCUT2D eigenvalue weighted by atomic mass is 79.9. The van der Waals surface area contributed by atoms with Crippen LogP contribution in [0.5, 0.6) is 5.75 Å². The van der Waals surface area contributed by atoms with Crippen LogP contribution >= 0.6 is 15.9 Å². The number of phenols is 1. The van der Waals surface area contributed by atoms with Gasteiger partial charge in [-0.2, -0.15) is 0 Å². The Hall–Kier alpha value is -0.540. The van der Waals surface area contributed by atoms with Gasteiger partial charge in [0.1, 0.15) is 5.75 Å². The molecule has 0 spiro atoms. The van der Waals surface area contributed by atoms with E-state index in [4.69, 9.17) is 5.73 Å². The highest BCUT2D eigenvalue weighted by Gasteiger charge is 2.37. The summed E-state index contributed by atoms with van der Waals surface area (Å²) >= 11 is 3.48. The predicted molar refractivity (Wildman–Crippen MR) is 69.7 cm³/mol. The molecule has 0 aromatic heterocycles. The Morgan fingerprint density at radius 2 is 2.00 bits per heavy atom. The van der Waals surface area contributed by atoms with Gasteiger partial charge in [-0.15, -0.1) is 0 Å². The molecule has 2 nitrogen and oxygen atoms in total. The zero-order valence-corrected chi connectivity index (χ0v) is 11.2. The lowest BCUT2D eigenvalue weighted by atomic mass is 10.00. The van der Waals surface area contributed by atoms with Crippen molar-refractivity contribution in [1.82, 2.24) is 0 Å². The molecule has 0 bridgehead atoms. The molecule has 88 valence electrons. The van der Waals surface area contributed by atoms with Crippen molar-refractivity contribution < 1.29 is 5.11 Å². The van der Waals surface area contributed by atoms with E-state index < -0.39 is 0 Å². The molecule has 0 saturated heterocycles. The average molecular weight is 284 g/mol. The van der Waals surface area contributed by atoms with Crippen LogP contribution in [0.3, 0.4) is 0 Å². The second-order valence-electron chi connectivity index (χ2n) is 4.79. The van der Waals surface area contributed by atoms with Gasteiger partial charge < -0.3 is 10.8 Å². The number of hydrogen-bond donors (Lipinski definition) is 2. The van der Waals surface area contributed by atoms with Crippen LogP contribution in [0.25, 0.3) is 0 Å². The minimum atomic E-state index is 0.0567. The van der Waals surface area contributed by atoms with Gasteiger partial charge in [-0.1, -0.05) is 22.9 Å². The maximum atomic E-state index is 10.1. The molecule has 0 heterocycles. The van der Waals surface area contributed by atoms with Gasteiger partial charge in [-0.25, -0.2) is 0 Å². The average Bonchev–Trinajstić information content (AvgIpc) is 2.98. The molecule has 1 aromatic rings. The highest BCUT2D eigenvalue weighted by molar-refractivity contribution is 9.10. The lowest BCUT2D eigenvalue weighted by Crippen LogP contribution is -2.22. The molecular formula is C13H18BrNO. The first-order chi connectivity index (χ1) is 7.54. The molecule has 1 aliphatic rings. The molecular weight excluding hydrogens is 266 g/mol. The van der Waals surface area contributed by atoms with Crippen LogP contribution < -0.4 is 5.73 Å². The number of aromatic hydroxyl groups is 1. The van der Waals surface area contributed by atoms with Crippen molar-refractivity contribution in [2.45, 2.75) is 44.6 Å². The van der Waals surface area contributed by atoms with Crippen LogP contribution in [0.1, 0.15) is 37.3 Å². The molecule has 3 N–H and O–H groups in total. The number of halogens is 1. The maximum Gasteiger partial charge on any atom is 0.122 e. The smallest absolute Gasteiger partial charge is 0.122 e. The first kappa shape index (κ1) is 11.9. The molecule has 0 atom stereocenters. The minimum Gasteiger partial charge on any atom is -0.507 e. The first-order valence-corrected chi connectivity index (χ1v) is 6.62. The SMILES string of the molecule is CCc1cc(Br)cc(CCC2(N)CC2)c1O. The van der Waals surface area contributed by atoms with E-state index in [1.54, 1.807) is 0 Å². The van der Waals surface area contributed by atoms with Gasteiger partial charge >= 0.3 is 0 Å². The number of hydrogen-bond acceptors (Lipinski definition) is 2. The van der Waals surface area contributed by atoms with Crippen LogP contribution in [-0.4, -0.2) is 10.6 Å². The summed E-state index contributed by atoms with van der Waals surface area (Å²) < 4.78 is 1.04. The van der Waals surface area contributed by atoms with Gasteiger partial charge in [0.15, 0.2) is 0 Å². The molecule has 1 aliphatic carbocycles. The van der Waals surface area contributed by atoms with Crippen molar-refractivity contribution in [3.63, 3.8) is 0 Å². The first-order valence-electron chi connectivity index (χ1n) is 5.83. The van der Waals surface area contributed by atoms with Crippen molar-refractivity contribution >= 4 is 15.9 Å². The van der Waals surface area contributed by atoms with E-state index in [0.29, 0.717) is 5.75 Å². The van der Waals surface area contributed by atoms with Gasteiger partial charge in [0.25, 0.3) is 0 Å². The topological polar surface area (TPSA) is 46.2 Å². The number of aryl methyl sites for hydroxylation is 2. The highest BCUT2D eigenvalue weighted by Crippen LogP contribution is 2.38. The predicted octanol–water partition coefficient (Wildman–Crippen LogP) is 3.14. The summed E-state index contributed by atoms with van der Waals surface area (Å²) in [6, 6.07) is 3.98. The molecule has 2 rings (SSSR count). The quantitative estimate of drug-likeness (QED) is 0.892. The Bertz CT molecular complexity index is 399. The maximum absolute atomic E-state index is 10.1. The van der Waals surface area contributed by atoms with Crippen LogP contribution in [-0.2, 0) is 12.8 Å². The van der Waals surface area contributed by atoms with Gasteiger partial charge in [0, 0.05) is 10.0 Å². The van der Waals surface area contributed by atoms with Crippen LogP contribution in [0.15, 0.2) is 16.6 Å². The Kier molecular flexibility index (Phi) is 3.27. The minimum absolute atomic E-state index is 0.0567. The van der Waals surface area contributed by atoms with Crippen molar-refractivity contribution in [3.05, 3.63) is 27.7 Å². The van der Waals surface area contributed by atoms with Crippen molar-refractivity contribution in [2.24, 2.45) is 5.73 Å². The summed E-state index contributed by atoms with van der Waals surface area (Å²) in [6.45, 7) is 2.05. The van der Waals surface area contributed by atoms with E-state index in [0.717, 1.165) is 47.7 Å². The third-order valence-electron chi connectivity index (χ3n) is 3.40. The third-order valence-corrected chi connectivity index (χ3v) is 3.86. The summed E-state index contributed by atoms with van der Waals surface area (Å²) in [7, 11) is 0. The van der Waals surface area contributed by atoms with Gasteiger partial charge in [0.2, 0.25) is 0 Å². The van der Waals surface area contributed by atoms with Crippen molar-refractivity contribution in [1.29, 1.82) is 0 Å². The van der Waals surface area contributed by atoms with E-state index in [-0.39, 0.29) is 5.54 Å². The molecule has 0 amide bonds. The van der Waals surface area contributed by atoms with Gasteiger partial charge in [-0.05, 0) is 55.4 Å². The van der Waals surface area contributed by atoms with Gasteiger partial charge in [-0.3, -0.25) is 0 Å². The molecule has 1 fully saturated rings. The second-order valence-corrected chi connectivity index (χ2v) is 5.70. The monoisotopic (exact) mass is 283 g/mol. The van der Waals surface area contributed by atoms with E-state index in [1.165, 1.54) is 0 Å². The number of benzene rings is 1. The fourth-order valence-electron chi connectivity index (χ4n) is 1.97. The largest absolute Gasteiger partial charge is 0.507 e. The van der Waals surface area contributed by atoms with E-state index in [9.17, 15) is 5.11 Å². The Labute approximate surface area is 105 Å². The number of rotatable bonds is 4. The van der Waals surface area contributed by atoms with Gasteiger partial charge in [0.05, 0.1) is 0 Å². The van der Waals surface area contributed by atoms with E-state index in [2.05, 4.69) is 22.9 Å².